The Hall–Kier alpha value is -1.95. The molecule has 0 bridgehead atoms. The zero-order chi connectivity index (χ0) is 13.1. The van der Waals surface area contributed by atoms with Crippen LogP contribution in [0.1, 0.15) is 38.3 Å². The largest absolute Gasteiger partial charge is 0.507 e. The lowest BCUT2D eigenvalue weighted by Crippen LogP contribution is -2.11. The molecular weight excluding hydrogens is 214 g/mol. The maximum absolute atomic E-state index is 10.6. The molecule has 17 heavy (non-hydrogen) atoms. The Morgan fingerprint density at radius 3 is 2.59 bits per heavy atom. The molecule has 3 nitrogen and oxygen atoms in total. The van der Waals surface area contributed by atoms with Crippen molar-refractivity contribution in [2.75, 3.05) is 0 Å². The highest BCUT2D eigenvalue weighted by molar-refractivity contribution is 5.76. The van der Waals surface area contributed by atoms with Crippen LogP contribution in [0.3, 0.4) is 0 Å². The van der Waals surface area contributed by atoms with Gasteiger partial charge in [0.1, 0.15) is 5.75 Å². The Kier molecular flexibility index (Phi) is 3.80. The number of aromatic hydroxyl groups is 1. The quantitative estimate of drug-likeness (QED) is 0.725. The summed E-state index contributed by atoms with van der Waals surface area (Å²) in [6.45, 7) is 6.25. The standard InChI is InChI=1S/C14H17NO2/c1-14(2,3)11-7-8-12(16)10(9-11)5-4-6-13(15)17/h7-9,16H,6H2,1-3H3,(H2,15,17). The molecule has 1 amide bonds. The summed E-state index contributed by atoms with van der Waals surface area (Å²) >= 11 is 0. The third-order valence-corrected chi connectivity index (χ3v) is 2.35. The molecule has 0 saturated carbocycles. The minimum Gasteiger partial charge on any atom is -0.507 e. The number of carbonyl (C=O) groups excluding carboxylic acids is 1. The van der Waals surface area contributed by atoms with Crippen molar-refractivity contribution in [3.8, 4) is 17.6 Å². The van der Waals surface area contributed by atoms with Crippen LogP contribution in [-0.2, 0) is 10.2 Å². The van der Waals surface area contributed by atoms with Crippen LogP contribution in [0.25, 0.3) is 0 Å². The van der Waals surface area contributed by atoms with Gasteiger partial charge in [0.2, 0.25) is 5.91 Å². The SMILES string of the molecule is CC(C)(C)c1ccc(O)c(C#CCC(N)=O)c1. The first-order valence-corrected chi connectivity index (χ1v) is 5.41. The average Bonchev–Trinajstić information content (AvgIpc) is 2.18. The second kappa shape index (κ2) is 4.92. The molecule has 0 aliphatic rings. The molecule has 0 spiro atoms. The number of phenolic OH excluding ortho intramolecular Hbond substituents is 1. The maximum atomic E-state index is 10.6. The molecule has 0 aliphatic heterocycles. The number of amides is 1. The van der Waals surface area contributed by atoms with E-state index >= 15 is 0 Å². The molecule has 1 aromatic carbocycles. The van der Waals surface area contributed by atoms with E-state index in [9.17, 15) is 9.90 Å². The lowest BCUT2D eigenvalue weighted by Gasteiger charge is -2.19. The van der Waals surface area contributed by atoms with E-state index in [1.807, 2.05) is 12.1 Å². The van der Waals surface area contributed by atoms with Gasteiger partial charge in [-0.05, 0) is 23.1 Å². The van der Waals surface area contributed by atoms with Crippen molar-refractivity contribution < 1.29 is 9.90 Å². The zero-order valence-electron chi connectivity index (χ0n) is 10.4. The van der Waals surface area contributed by atoms with Gasteiger partial charge in [0, 0.05) is 0 Å². The number of primary amides is 1. The van der Waals surface area contributed by atoms with Crippen LogP contribution < -0.4 is 5.73 Å². The minimum atomic E-state index is -0.469. The number of carbonyl (C=O) groups is 1. The molecule has 0 saturated heterocycles. The van der Waals surface area contributed by atoms with Crippen LogP contribution in [0, 0.1) is 11.8 Å². The summed E-state index contributed by atoms with van der Waals surface area (Å²) in [4.78, 5) is 10.6. The Morgan fingerprint density at radius 1 is 1.41 bits per heavy atom. The lowest BCUT2D eigenvalue weighted by atomic mass is 9.86. The second-order valence-corrected chi connectivity index (χ2v) is 4.93. The molecule has 0 atom stereocenters. The topological polar surface area (TPSA) is 63.3 Å². The fourth-order valence-corrected chi connectivity index (χ4v) is 1.33. The van der Waals surface area contributed by atoms with Gasteiger partial charge in [-0.25, -0.2) is 0 Å². The normalized spacial score (nSPS) is 10.5. The first-order valence-electron chi connectivity index (χ1n) is 5.41. The second-order valence-electron chi connectivity index (χ2n) is 4.93. The van der Waals surface area contributed by atoms with Gasteiger partial charge >= 0.3 is 0 Å². The van der Waals surface area contributed by atoms with Gasteiger partial charge in [-0.3, -0.25) is 4.79 Å². The summed E-state index contributed by atoms with van der Waals surface area (Å²) in [5, 5.41) is 9.65. The highest BCUT2D eigenvalue weighted by atomic mass is 16.3. The molecule has 0 fully saturated rings. The van der Waals surface area contributed by atoms with Gasteiger partial charge in [0.05, 0.1) is 12.0 Å². The van der Waals surface area contributed by atoms with E-state index in [1.54, 1.807) is 6.07 Å². The maximum Gasteiger partial charge on any atom is 0.229 e. The van der Waals surface area contributed by atoms with E-state index < -0.39 is 5.91 Å². The first-order chi connectivity index (χ1) is 7.80. The third-order valence-electron chi connectivity index (χ3n) is 2.35. The van der Waals surface area contributed by atoms with E-state index in [4.69, 9.17) is 5.73 Å². The highest BCUT2D eigenvalue weighted by Gasteiger charge is 2.14. The third kappa shape index (κ3) is 3.84. The summed E-state index contributed by atoms with van der Waals surface area (Å²) in [5.74, 6) is 5.04. The molecule has 0 aliphatic carbocycles. The van der Waals surface area contributed by atoms with Gasteiger partial charge in [-0.2, -0.15) is 0 Å². The summed E-state index contributed by atoms with van der Waals surface area (Å²) in [5.41, 5.74) is 6.59. The molecule has 3 N–H and O–H groups in total. The van der Waals surface area contributed by atoms with Crippen LogP contribution in [0.4, 0.5) is 0 Å². The summed E-state index contributed by atoms with van der Waals surface area (Å²) < 4.78 is 0. The molecule has 3 heteroatoms. The van der Waals surface area contributed by atoms with Crippen molar-refractivity contribution in [2.45, 2.75) is 32.6 Å². The van der Waals surface area contributed by atoms with Crippen molar-refractivity contribution in [1.82, 2.24) is 0 Å². The van der Waals surface area contributed by atoms with Gasteiger partial charge in [-0.1, -0.05) is 38.7 Å². The van der Waals surface area contributed by atoms with Crippen molar-refractivity contribution in [1.29, 1.82) is 0 Å². The summed E-state index contributed by atoms with van der Waals surface area (Å²) in [7, 11) is 0. The lowest BCUT2D eigenvalue weighted by molar-refractivity contribution is -0.117. The van der Waals surface area contributed by atoms with E-state index in [-0.39, 0.29) is 17.6 Å². The van der Waals surface area contributed by atoms with Gasteiger partial charge in [0.25, 0.3) is 0 Å². The number of nitrogens with two attached hydrogens (primary N) is 1. The van der Waals surface area contributed by atoms with Crippen molar-refractivity contribution >= 4 is 5.91 Å². The molecule has 1 aromatic rings. The van der Waals surface area contributed by atoms with E-state index in [2.05, 4.69) is 32.6 Å². The highest BCUT2D eigenvalue weighted by Crippen LogP contribution is 2.26. The predicted molar refractivity (Wildman–Crippen MR) is 67.5 cm³/mol. The molecule has 0 unspecified atom stereocenters. The number of benzene rings is 1. The van der Waals surface area contributed by atoms with Gasteiger partial charge in [0.15, 0.2) is 0 Å². The molecule has 0 radical (unpaired) electrons. The van der Waals surface area contributed by atoms with Gasteiger partial charge in [-0.15, -0.1) is 0 Å². The van der Waals surface area contributed by atoms with Crippen LogP contribution in [-0.4, -0.2) is 11.0 Å². The number of hydrogen-bond donors (Lipinski definition) is 2. The average molecular weight is 231 g/mol. The van der Waals surface area contributed by atoms with Crippen molar-refractivity contribution in [3.63, 3.8) is 0 Å². The van der Waals surface area contributed by atoms with Crippen LogP contribution in [0.15, 0.2) is 18.2 Å². The molecule has 1 rings (SSSR count). The summed E-state index contributed by atoms with van der Waals surface area (Å²) in [6, 6.07) is 5.33. The van der Waals surface area contributed by atoms with Crippen LogP contribution in [0.2, 0.25) is 0 Å². The van der Waals surface area contributed by atoms with Crippen molar-refractivity contribution in [3.05, 3.63) is 29.3 Å². The predicted octanol–water partition coefficient (Wildman–Crippen LogP) is 1.92. The van der Waals surface area contributed by atoms with Gasteiger partial charge < -0.3 is 10.8 Å². The molecule has 0 aromatic heterocycles. The number of rotatable bonds is 1. The Bertz CT molecular complexity index is 487. The summed E-state index contributed by atoms with van der Waals surface area (Å²) in [6.07, 6.45) is -0.000808. The number of phenols is 1. The number of hydrogen-bond acceptors (Lipinski definition) is 2. The Labute approximate surface area is 102 Å². The molecule has 90 valence electrons. The van der Waals surface area contributed by atoms with E-state index in [1.165, 1.54) is 0 Å². The zero-order valence-corrected chi connectivity index (χ0v) is 10.4. The minimum absolute atomic E-state index is 0.000808. The first kappa shape index (κ1) is 13.1. The van der Waals surface area contributed by atoms with E-state index in [0.717, 1.165) is 5.56 Å². The molecule has 0 heterocycles. The van der Waals surface area contributed by atoms with Crippen molar-refractivity contribution in [2.24, 2.45) is 5.73 Å². The Morgan fingerprint density at radius 2 is 2.06 bits per heavy atom. The van der Waals surface area contributed by atoms with E-state index in [0.29, 0.717) is 5.56 Å². The fraction of sp³-hybridized carbons (Fsp3) is 0.357. The molecular formula is C14H17NO2. The smallest absolute Gasteiger partial charge is 0.229 e. The fourth-order valence-electron chi connectivity index (χ4n) is 1.33. The monoisotopic (exact) mass is 231 g/mol. The van der Waals surface area contributed by atoms with Crippen LogP contribution >= 0.6 is 0 Å². The van der Waals surface area contributed by atoms with Crippen LogP contribution in [0.5, 0.6) is 5.75 Å². The Balaban J connectivity index is 3.06.